The van der Waals surface area contributed by atoms with Gasteiger partial charge < -0.3 is 9.80 Å². The number of anilines is 6. The van der Waals surface area contributed by atoms with Gasteiger partial charge in [-0.05, 0) is 97.8 Å². The number of para-hydroxylation sites is 1. The summed E-state index contributed by atoms with van der Waals surface area (Å²) >= 11 is 0. The van der Waals surface area contributed by atoms with Crippen LogP contribution in [0.5, 0.6) is 0 Å². The summed E-state index contributed by atoms with van der Waals surface area (Å²) in [7, 11) is 0. The molecule has 9 aromatic rings. The Hall–Kier alpha value is -7.36. The van der Waals surface area contributed by atoms with Crippen molar-refractivity contribution in [3.63, 3.8) is 0 Å². The zero-order valence-electron chi connectivity index (χ0n) is 31.3. The maximum Gasteiger partial charge on any atom is 0.252 e. The Labute approximate surface area is 334 Å². The fraction of sp³-hybridized carbons (Fsp3) is 0. The lowest BCUT2D eigenvalue weighted by atomic mass is 9.32. The van der Waals surface area contributed by atoms with E-state index >= 15 is 0 Å². The maximum atomic E-state index is 2.54. The molecule has 2 aliphatic heterocycles. The van der Waals surface area contributed by atoms with Gasteiger partial charge in [0.2, 0.25) is 0 Å². The highest BCUT2D eigenvalue weighted by Gasteiger charge is 2.45. The minimum atomic E-state index is -0.0246. The molecule has 2 heterocycles. The topological polar surface area (TPSA) is 6.48 Å². The molecule has 2 aliphatic rings. The van der Waals surface area contributed by atoms with Gasteiger partial charge in [0.15, 0.2) is 0 Å². The smallest absolute Gasteiger partial charge is 0.252 e. The van der Waals surface area contributed by atoms with Crippen LogP contribution in [0.1, 0.15) is 0 Å². The van der Waals surface area contributed by atoms with Crippen LogP contribution < -0.4 is 26.2 Å². The molecule has 0 aromatic heterocycles. The van der Waals surface area contributed by atoms with Crippen LogP contribution in [0.4, 0.5) is 34.1 Å². The van der Waals surface area contributed by atoms with Gasteiger partial charge in [-0.1, -0.05) is 182 Å². The fourth-order valence-electron chi connectivity index (χ4n) is 9.20. The SMILES string of the molecule is c1ccc(-c2cccc(N3c4cccc(-c5ccccc5)c4B4c5cccc(-c6ccccc6)c5N(c5cccc(-c6ccccc6)c5)c5cccc3c54)c2)cc1. The van der Waals surface area contributed by atoms with Crippen LogP contribution in [0.3, 0.4) is 0 Å². The highest BCUT2D eigenvalue weighted by Crippen LogP contribution is 2.48. The molecular weight excluding hydrogens is 687 g/mol. The lowest BCUT2D eigenvalue weighted by Crippen LogP contribution is -2.62. The average Bonchev–Trinajstić information content (AvgIpc) is 3.30. The molecule has 266 valence electrons. The van der Waals surface area contributed by atoms with E-state index in [0.29, 0.717) is 0 Å². The van der Waals surface area contributed by atoms with Crippen LogP contribution in [0.15, 0.2) is 224 Å². The fourth-order valence-corrected chi connectivity index (χ4v) is 9.20. The van der Waals surface area contributed by atoms with Crippen LogP contribution in [0, 0.1) is 0 Å². The minimum Gasteiger partial charge on any atom is -0.311 e. The number of hydrogen-bond acceptors (Lipinski definition) is 2. The van der Waals surface area contributed by atoms with E-state index in [9.17, 15) is 0 Å². The molecule has 0 spiro atoms. The van der Waals surface area contributed by atoms with Gasteiger partial charge in [-0.2, -0.15) is 0 Å². The normalized spacial score (nSPS) is 12.5. The Morgan fingerprint density at radius 3 is 1.26 bits per heavy atom. The standard InChI is InChI=1S/C54H37BN2/c1-5-18-38(19-6-1)42-26-13-28-44(36-42)56-49-33-16-30-46(40-22-9-3-10-23-40)52(49)55-48-32-15-31-47(41-24-11-4-12-25-41)54(48)57(51-35-17-34-50(56)53(51)55)45-29-14-27-43(37-45)39-20-7-2-8-21-39/h1-37H. The molecule has 0 aliphatic carbocycles. The largest absolute Gasteiger partial charge is 0.311 e. The second-order valence-electron chi connectivity index (χ2n) is 14.9. The highest BCUT2D eigenvalue weighted by atomic mass is 15.2. The van der Waals surface area contributed by atoms with Crippen molar-refractivity contribution in [3.05, 3.63) is 224 Å². The Morgan fingerprint density at radius 2 is 0.684 bits per heavy atom. The summed E-state index contributed by atoms with van der Waals surface area (Å²) < 4.78 is 0. The van der Waals surface area contributed by atoms with Crippen molar-refractivity contribution in [2.75, 3.05) is 9.80 Å². The zero-order valence-corrected chi connectivity index (χ0v) is 31.3. The molecule has 0 amide bonds. The molecule has 0 saturated heterocycles. The van der Waals surface area contributed by atoms with Crippen LogP contribution >= 0.6 is 0 Å². The van der Waals surface area contributed by atoms with Gasteiger partial charge in [-0.25, -0.2) is 0 Å². The second-order valence-corrected chi connectivity index (χ2v) is 14.9. The summed E-state index contributed by atoms with van der Waals surface area (Å²) in [5.41, 5.74) is 20.7. The summed E-state index contributed by atoms with van der Waals surface area (Å²) in [4.78, 5) is 5.04. The average molecular weight is 725 g/mol. The van der Waals surface area contributed by atoms with Gasteiger partial charge in [-0.3, -0.25) is 0 Å². The lowest BCUT2D eigenvalue weighted by molar-refractivity contribution is 1.25. The molecule has 9 aromatic carbocycles. The van der Waals surface area contributed by atoms with E-state index in [4.69, 9.17) is 0 Å². The third-order valence-electron chi connectivity index (χ3n) is 11.6. The van der Waals surface area contributed by atoms with Crippen molar-refractivity contribution in [2.24, 2.45) is 0 Å². The van der Waals surface area contributed by atoms with Crippen molar-refractivity contribution in [1.29, 1.82) is 0 Å². The van der Waals surface area contributed by atoms with Crippen LogP contribution in [-0.2, 0) is 0 Å². The van der Waals surface area contributed by atoms with Crippen LogP contribution in [-0.4, -0.2) is 6.71 Å². The quantitative estimate of drug-likeness (QED) is 0.158. The van der Waals surface area contributed by atoms with E-state index in [1.807, 2.05) is 0 Å². The molecule has 0 fully saturated rings. The third-order valence-corrected chi connectivity index (χ3v) is 11.6. The first-order chi connectivity index (χ1) is 28.3. The van der Waals surface area contributed by atoms with E-state index in [0.717, 1.165) is 11.4 Å². The van der Waals surface area contributed by atoms with Crippen molar-refractivity contribution >= 4 is 57.2 Å². The van der Waals surface area contributed by atoms with Crippen molar-refractivity contribution < 1.29 is 0 Å². The molecular formula is C54H37BN2. The van der Waals surface area contributed by atoms with Crippen molar-refractivity contribution in [2.45, 2.75) is 0 Å². The summed E-state index contributed by atoms with van der Waals surface area (Å²) in [5, 5.41) is 0. The molecule has 0 saturated carbocycles. The maximum absolute atomic E-state index is 2.54. The van der Waals surface area contributed by atoms with E-state index in [-0.39, 0.29) is 6.71 Å². The molecule has 0 atom stereocenters. The van der Waals surface area contributed by atoms with E-state index in [1.165, 1.54) is 83.6 Å². The Morgan fingerprint density at radius 1 is 0.281 bits per heavy atom. The Kier molecular flexibility index (Phi) is 7.96. The summed E-state index contributed by atoms with van der Waals surface area (Å²) in [6.45, 7) is -0.0246. The van der Waals surface area contributed by atoms with Gasteiger partial charge >= 0.3 is 0 Å². The first-order valence-electron chi connectivity index (χ1n) is 19.7. The lowest BCUT2D eigenvalue weighted by Gasteiger charge is -2.45. The molecule has 3 heteroatoms. The first kappa shape index (κ1) is 33.0. The predicted octanol–water partition coefficient (Wildman–Crippen LogP) is 12.4. The second kappa shape index (κ2) is 13.7. The van der Waals surface area contributed by atoms with E-state index in [1.54, 1.807) is 0 Å². The molecule has 57 heavy (non-hydrogen) atoms. The number of hydrogen-bond donors (Lipinski definition) is 0. The number of benzene rings is 9. The molecule has 11 rings (SSSR count). The molecule has 0 N–H and O–H groups in total. The third kappa shape index (κ3) is 5.51. The van der Waals surface area contributed by atoms with E-state index < -0.39 is 0 Å². The van der Waals surface area contributed by atoms with Gasteiger partial charge in [0.25, 0.3) is 6.71 Å². The van der Waals surface area contributed by atoms with E-state index in [2.05, 4.69) is 234 Å². The van der Waals surface area contributed by atoms with Gasteiger partial charge in [0.05, 0.1) is 0 Å². The zero-order chi connectivity index (χ0) is 37.7. The van der Waals surface area contributed by atoms with Gasteiger partial charge in [-0.15, -0.1) is 0 Å². The van der Waals surface area contributed by atoms with Gasteiger partial charge in [0, 0.05) is 39.7 Å². The Balaban J connectivity index is 1.23. The molecule has 2 nitrogen and oxygen atoms in total. The first-order valence-corrected chi connectivity index (χ1v) is 19.7. The summed E-state index contributed by atoms with van der Waals surface area (Å²) in [5.74, 6) is 0. The number of rotatable bonds is 6. The van der Waals surface area contributed by atoms with Crippen LogP contribution in [0.25, 0.3) is 44.5 Å². The van der Waals surface area contributed by atoms with Crippen LogP contribution in [0.2, 0.25) is 0 Å². The molecule has 0 radical (unpaired) electrons. The van der Waals surface area contributed by atoms with Crippen molar-refractivity contribution in [3.8, 4) is 44.5 Å². The number of nitrogens with zero attached hydrogens (tertiary/aromatic N) is 2. The number of fused-ring (bicyclic) bond motifs is 4. The minimum absolute atomic E-state index is 0.0246. The predicted molar refractivity (Wildman–Crippen MR) is 242 cm³/mol. The Bertz CT molecular complexity index is 2910. The monoisotopic (exact) mass is 724 g/mol. The van der Waals surface area contributed by atoms with Gasteiger partial charge in [0.1, 0.15) is 0 Å². The highest BCUT2D eigenvalue weighted by molar-refractivity contribution is 7.01. The van der Waals surface area contributed by atoms with Crippen molar-refractivity contribution in [1.82, 2.24) is 0 Å². The molecule has 0 bridgehead atoms. The summed E-state index contributed by atoms with van der Waals surface area (Å²) in [6, 6.07) is 82.0. The molecule has 0 unspecified atom stereocenters. The summed E-state index contributed by atoms with van der Waals surface area (Å²) in [6.07, 6.45) is 0.